The van der Waals surface area contributed by atoms with E-state index in [4.69, 9.17) is 23.2 Å². The maximum Gasteiger partial charge on any atom is 0.257 e. The second-order valence-electron chi connectivity index (χ2n) is 7.04. The minimum Gasteiger partial charge on any atom is -0.507 e. The van der Waals surface area contributed by atoms with Gasteiger partial charge in [-0.05, 0) is 35.2 Å². The van der Waals surface area contributed by atoms with Gasteiger partial charge in [-0.3, -0.25) is 4.79 Å². The number of hydrogen-bond donors (Lipinski definition) is 2. The Kier molecular flexibility index (Phi) is 5.98. The Hall–Kier alpha value is -2.95. The molecule has 0 aliphatic carbocycles. The molecule has 0 saturated heterocycles. The SMILES string of the molecule is O=c1c(Cc2ccc(Cl)cc2Cl)c(O)ccn1CCNc1cccc2ccccc12. The van der Waals surface area contributed by atoms with E-state index < -0.39 is 0 Å². The van der Waals surface area contributed by atoms with Crippen molar-refractivity contribution in [2.45, 2.75) is 13.0 Å². The minimum absolute atomic E-state index is 0.0377. The van der Waals surface area contributed by atoms with Crippen LogP contribution in [0.4, 0.5) is 5.69 Å². The average Bonchev–Trinajstić information content (AvgIpc) is 2.74. The molecule has 0 saturated carbocycles. The van der Waals surface area contributed by atoms with E-state index in [1.54, 1.807) is 35.0 Å². The lowest BCUT2D eigenvalue weighted by atomic mass is 10.1. The molecule has 1 heterocycles. The van der Waals surface area contributed by atoms with E-state index in [-0.39, 0.29) is 17.7 Å². The van der Waals surface area contributed by atoms with Crippen LogP contribution >= 0.6 is 23.2 Å². The van der Waals surface area contributed by atoms with Crippen LogP contribution in [-0.2, 0) is 13.0 Å². The highest BCUT2D eigenvalue weighted by molar-refractivity contribution is 6.35. The third-order valence-corrected chi connectivity index (χ3v) is 5.67. The summed E-state index contributed by atoms with van der Waals surface area (Å²) in [4.78, 5) is 12.9. The van der Waals surface area contributed by atoms with Crippen LogP contribution < -0.4 is 10.9 Å². The van der Waals surface area contributed by atoms with Gasteiger partial charge in [0, 0.05) is 46.8 Å². The molecule has 152 valence electrons. The van der Waals surface area contributed by atoms with Crippen LogP contribution in [-0.4, -0.2) is 16.2 Å². The van der Waals surface area contributed by atoms with E-state index in [0.29, 0.717) is 28.7 Å². The van der Waals surface area contributed by atoms with Gasteiger partial charge in [-0.25, -0.2) is 0 Å². The predicted octanol–water partition coefficient (Wildman–Crippen LogP) is 5.72. The summed E-state index contributed by atoms with van der Waals surface area (Å²) in [6, 6.07) is 20.9. The number of halogens is 2. The van der Waals surface area contributed by atoms with E-state index in [2.05, 4.69) is 23.5 Å². The van der Waals surface area contributed by atoms with E-state index in [9.17, 15) is 9.90 Å². The Balaban J connectivity index is 1.52. The summed E-state index contributed by atoms with van der Waals surface area (Å²) in [5.41, 5.74) is 1.83. The molecule has 4 rings (SSSR count). The molecule has 0 aliphatic heterocycles. The van der Waals surface area contributed by atoms with Crippen LogP contribution in [0.5, 0.6) is 5.75 Å². The molecule has 6 heteroatoms. The van der Waals surface area contributed by atoms with Crippen molar-refractivity contribution in [1.29, 1.82) is 0 Å². The van der Waals surface area contributed by atoms with E-state index in [1.165, 1.54) is 0 Å². The van der Waals surface area contributed by atoms with Crippen molar-refractivity contribution >= 4 is 39.7 Å². The fourth-order valence-corrected chi connectivity index (χ4v) is 3.98. The van der Waals surface area contributed by atoms with Gasteiger partial charge < -0.3 is 15.0 Å². The quantitative estimate of drug-likeness (QED) is 0.404. The lowest BCUT2D eigenvalue weighted by Gasteiger charge is -2.13. The van der Waals surface area contributed by atoms with Crippen molar-refractivity contribution < 1.29 is 5.11 Å². The van der Waals surface area contributed by atoms with Crippen LogP contribution in [0.25, 0.3) is 10.8 Å². The fourth-order valence-electron chi connectivity index (χ4n) is 3.50. The van der Waals surface area contributed by atoms with Crippen molar-refractivity contribution in [1.82, 2.24) is 4.57 Å². The summed E-state index contributed by atoms with van der Waals surface area (Å²) in [5.74, 6) is -0.0377. The second kappa shape index (κ2) is 8.82. The molecule has 4 aromatic rings. The van der Waals surface area contributed by atoms with Crippen LogP contribution in [0, 0.1) is 0 Å². The van der Waals surface area contributed by atoms with Gasteiger partial charge in [-0.1, -0.05) is 65.7 Å². The number of rotatable bonds is 6. The summed E-state index contributed by atoms with van der Waals surface area (Å²) in [6.45, 7) is 1.03. The van der Waals surface area contributed by atoms with Crippen molar-refractivity contribution in [3.8, 4) is 5.75 Å². The van der Waals surface area contributed by atoms with Crippen LogP contribution in [0.15, 0.2) is 77.7 Å². The summed E-state index contributed by atoms with van der Waals surface area (Å²) in [5, 5.41) is 16.9. The lowest BCUT2D eigenvalue weighted by molar-refractivity contribution is 0.464. The first kappa shape index (κ1) is 20.3. The molecule has 2 N–H and O–H groups in total. The number of nitrogens with one attached hydrogen (secondary N) is 1. The molecule has 0 fully saturated rings. The maximum atomic E-state index is 12.9. The largest absolute Gasteiger partial charge is 0.507 e. The van der Waals surface area contributed by atoms with Gasteiger partial charge in [0.2, 0.25) is 0 Å². The van der Waals surface area contributed by atoms with Gasteiger partial charge in [0.25, 0.3) is 5.56 Å². The first-order valence-electron chi connectivity index (χ1n) is 9.60. The van der Waals surface area contributed by atoms with Gasteiger partial charge in [0.15, 0.2) is 0 Å². The van der Waals surface area contributed by atoms with Crippen molar-refractivity contribution in [3.63, 3.8) is 0 Å². The molecular formula is C24H20Cl2N2O2. The number of nitrogens with zero attached hydrogens (tertiary/aromatic N) is 1. The minimum atomic E-state index is -0.235. The molecule has 0 spiro atoms. The Morgan fingerprint density at radius 1 is 0.967 bits per heavy atom. The molecule has 0 bridgehead atoms. The zero-order chi connectivity index (χ0) is 21.1. The zero-order valence-electron chi connectivity index (χ0n) is 16.1. The number of fused-ring (bicyclic) bond motifs is 1. The third kappa shape index (κ3) is 4.30. The molecule has 0 radical (unpaired) electrons. The Labute approximate surface area is 184 Å². The Morgan fingerprint density at radius 3 is 2.60 bits per heavy atom. The molecule has 3 aromatic carbocycles. The van der Waals surface area contributed by atoms with Gasteiger partial charge in [-0.2, -0.15) is 0 Å². The third-order valence-electron chi connectivity index (χ3n) is 5.08. The molecular weight excluding hydrogens is 419 g/mol. The highest BCUT2D eigenvalue weighted by atomic mass is 35.5. The number of hydrogen-bond acceptors (Lipinski definition) is 3. The smallest absolute Gasteiger partial charge is 0.257 e. The number of aromatic nitrogens is 1. The molecule has 0 aliphatic rings. The van der Waals surface area contributed by atoms with Gasteiger partial charge in [0.05, 0.1) is 5.56 Å². The predicted molar refractivity (Wildman–Crippen MR) is 124 cm³/mol. The number of benzene rings is 3. The first-order valence-corrected chi connectivity index (χ1v) is 10.4. The van der Waals surface area contributed by atoms with Crippen LogP contribution in [0.1, 0.15) is 11.1 Å². The highest BCUT2D eigenvalue weighted by Gasteiger charge is 2.13. The topological polar surface area (TPSA) is 54.3 Å². The van der Waals surface area contributed by atoms with Gasteiger partial charge in [0.1, 0.15) is 5.75 Å². The standard InChI is InChI=1S/C24H20Cl2N2O2/c25-18-9-8-17(21(26)15-18)14-20-23(29)10-12-28(24(20)30)13-11-27-22-7-3-5-16-4-1-2-6-19(16)22/h1-10,12,15,27,29H,11,13-14H2. The van der Waals surface area contributed by atoms with E-state index >= 15 is 0 Å². The van der Waals surface area contributed by atoms with Gasteiger partial charge in [-0.15, -0.1) is 0 Å². The molecule has 0 unspecified atom stereocenters. The average molecular weight is 439 g/mol. The van der Waals surface area contributed by atoms with Crippen molar-refractivity contribution in [2.75, 3.05) is 11.9 Å². The highest BCUT2D eigenvalue weighted by Crippen LogP contribution is 2.25. The molecule has 0 atom stereocenters. The summed E-state index contributed by atoms with van der Waals surface area (Å²) in [7, 11) is 0. The van der Waals surface area contributed by atoms with Crippen molar-refractivity contribution in [2.24, 2.45) is 0 Å². The zero-order valence-corrected chi connectivity index (χ0v) is 17.6. The van der Waals surface area contributed by atoms with E-state index in [1.807, 2.05) is 24.3 Å². The molecule has 1 aromatic heterocycles. The Bertz CT molecular complexity index is 1260. The summed E-state index contributed by atoms with van der Waals surface area (Å²) in [6.07, 6.45) is 1.84. The van der Waals surface area contributed by atoms with Gasteiger partial charge >= 0.3 is 0 Å². The molecule has 4 nitrogen and oxygen atoms in total. The monoisotopic (exact) mass is 438 g/mol. The number of aromatic hydroxyl groups is 1. The van der Waals surface area contributed by atoms with Crippen molar-refractivity contribution in [3.05, 3.63) is 104 Å². The lowest BCUT2D eigenvalue weighted by Crippen LogP contribution is -2.26. The molecule has 0 amide bonds. The Morgan fingerprint density at radius 2 is 1.77 bits per heavy atom. The number of anilines is 1. The number of pyridine rings is 1. The van der Waals surface area contributed by atoms with E-state index in [0.717, 1.165) is 22.0 Å². The molecule has 30 heavy (non-hydrogen) atoms. The normalized spacial score (nSPS) is 11.0. The second-order valence-corrected chi connectivity index (χ2v) is 7.89. The van der Waals surface area contributed by atoms with Crippen LogP contribution in [0.3, 0.4) is 0 Å². The maximum absolute atomic E-state index is 12.9. The summed E-state index contributed by atoms with van der Waals surface area (Å²) < 4.78 is 1.59. The van der Waals surface area contributed by atoms with Crippen LogP contribution in [0.2, 0.25) is 10.0 Å². The fraction of sp³-hybridized carbons (Fsp3) is 0.125. The first-order chi connectivity index (χ1) is 14.5. The summed E-state index contributed by atoms with van der Waals surface area (Å²) >= 11 is 12.2.